The molecule has 0 atom stereocenters. The number of fused-ring (bicyclic) bond motifs is 1. The fourth-order valence-electron chi connectivity index (χ4n) is 3.63. The zero-order valence-electron chi connectivity index (χ0n) is 20.2. The highest BCUT2D eigenvalue weighted by atomic mass is 16.5. The first-order chi connectivity index (χ1) is 16.8. The second-order valence-electron chi connectivity index (χ2n) is 8.31. The van der Waals surface area contributed by atoms with E-state index in [-0.39, 0.29) is 23.6 Å². The number of esters is 1. The van der Waals surface area contributed by atoms with Crippen molar-refractivity contribution in [2.24, 2.45) is 4.99 Å². The predicted molar refractivity (Wildman–Crippen MR) is 134 cm³/mol. The largest absolute Gasteiger partial charge is 0.461 e. The standard InChI is InChI=1S/C28H27N3O4/c1-5-20-7-6-8-23(13-20)31-28-25(27(33)30-22-11-9-17(2)10-12-22)14-24-21(16-34-19(4)32)15-29-18(3)26(24)35-28/h6-15H,5,16H2,1-4H3,(H,30,33). The fraction of sp³-hybridized carbons (Fsp3) is 0.214. The van der Waals surface area contributed by atoms with E-state index in [2.05, 4.69) is 22.2 Å². The highest BCUT2D eigenvalue weighted by molar-refractivity contribution is 6.05. The number of hydrogen-bond acceptors (Lipinski definition) is 6. The number of nitrogens with one attached hydrogen (secondary N) is 1. The molecule has 0 aliphatic rings. The summed E-state index contributed by atoms with van der Waals surface area (Å²) in [6, 6.07) is 17.0. The van der Waals surface area contributed by atoms with Crippen molar-refractivity contribution >= 4 is 34.2 Å². The number of amides is 1. The van der Waals surface area contributed by atoms with Crippen molar-refractivity contribution in [2.75, 3.05) is 5.32 Å². The number of ether oxygens (including phenoxy) is 1. The van der Waals surface area contributed by atoms with Gasteiger partial charge >= 0.3 is 5.97 Å². The molecule has 2 heterocycles. The number of nitrogens with zero attached hydrogens (tertiary/aromatic N) is 2. The van der Waals surface area contributed by atoms with E-state index in [1.54, 1.807) is 12.3 Å². The maximum atomic E-state index is 13.4. The molecule has 4 rings (SSSR count). The first-order valence-electron chi connectivity index (χ1n) is 11.4. The molecule has 0 fully saturated rings. The van der Waals surface area contributed by atoms with Crippen molar-refractivity contribution < 1.29 is 18.7 Å². The minimum atomic E-state index is -0.407. The summed E-state index contributed by atoms with van der Waals surface area (Å²) in [6.07, 6.45) is 2.49. The number of carbonyl (C=O) groups excluding carboxylic acids is 2. The summed E-state index contributed by atoms with van der Waals surface area (Å²) >= 11 is 0. The second kappa shape index (κ2) is 10.3. The van der Waals surface area contributed by atoms with Gasteiger partial charge in [-0.1, -0.05) is 36.8 Å². The molecular formula is C28H27N3O4. The van der Waals surface area contributed by atoms with E-state index in [4.69, 9.17) is 9.15 Å². The Hall–Kier alpha value is -4.26. The first kappa shape index (κ1) is 23.9. The number of aromatic nitrogens is 1. The average molecular weight is 470 g/mol. The van der Waals surface area contributed by atoms with Crippen molar-refractivity contribution in [3.05, 3.63) is 94.3 Å². The van der Waals surface area contributed by atoms with Crippen molar-refractivity contribution in [1.29, 1.82) is 0 Å². The number of pyridine rings is 1. The molecule has 1 N–H and O–H groups in total. The third-order valence-corrected chi connectivity index (χ3v) is 5.59. The Balaban J connectivity index is 1.90. The third-order valence-electron chi connectivity index (χ3n) is 5.59. The monoisotopic (exact) mass is 469 g/mol. The predicted octanol–water partition coefficient (Wildman–Crippen LogP) is 5.55. The van der Waals surface area contributed by atoms with Gasteiger partial charge in [0.25, 0.3) is 5.91 Å². The van der Waals surface area contributed by atoms with Crippen LogP contribution in [0.2, 0.25) is 0 Å². The lowest BCUT2D eigenvalue weighted by atomic mass is 10.1. The Kier molecular flexibility index (Phi) is 7.06. The Morgan fingerprint density at radius 1 is 1.09 bits per heavy atom. The van der Waals surface area contributed by atoms with Gasteiger partial charge in [-0.3, -0.25) is 14.6 Å². The minimum absolute atomic E-state index is 0.0166. The number of rotatable bonds is 6. The first-order valence-corrected chi connectivity index (χ1v) is 11.4. The molecule has 0 unspecified atom stereocenters. The summed E-state index contributed by atoms with van der Waals surface area (Å²) in [4.78, 5) is 33.9. The molecule has 0 saturated carbocycles. The van der Waals surface area contributed by atoms with Gasteiger partial charge in [0, 0.05) is 29.8 Å². The summed E-state index contributed by atoms with van der Waals surface area (Å²) in [5, 5.41) is 3.56. The molecule has 0 aliphatic heterocycles. The lowest BCUT2D eigenvalue weighted by Crippen LogP contribution is -2.22. The maximum Gasteiger partial charge on any atom is 0.302 e. The molecule has 4 aromatic rings. The lowest BCUT2D eigenvalue weighted by Gasteiger charge is -2.11. The number of anilines is 1. The molecule has 7 nitrogen and oxygen atoms in total. The van der Waals surface area contributed by atoms with Gasteiger partial charge in [-0.15, -0.1) is 0 Å². The number of carbonyl (C=O) groups is 2. The van der Waals surface area contributed by atoms with Gasteiger partial charge < -0.3 is 14.5 Å². The Bertz CT molecular complexity index is 1470. The Morgan fingerprint density at radius 3 is 2.57 bits per heavy atom. The third kappa shape index (κ3) is 5.63. The molecule has 2 aromatic heterocycles. The minimum Gasteiger partial charge on any atom is -0.461 e. The van der Waals surface area contributed by atoms with E-state index in [0.29, 0.717) is 33.6 Å². The summed E-state index contributed by atoms with van der Waals surface area (Å²) in [7, 11) is 0. The normalized spacial score (nSPS) is 11.5. The van der Waals surface area contributed by atoms with Crippen LogP contribution in [0.25, 0.3) is 11.0 Å². The van der Waals surface area contributed by atoms with Crippen LogP contribution in [0.15, 0.2) is 70.2 Å². The summed E-state index contributed by atoms with van der Waals surface area (Å²) in [6.45, 7) is 7.23. The van der Waals surface area contributed by atoms with Crippen LogP contribution in [-0.2, 0) is 22.6 Å². The number of hydrogen-bond donors (Lipinski definition) is 1. The maximum absolute atomic E-state index is 13.4. The Labute approximate surface area is 203 Å². The van der Waals surface area contributed by atoms with Crippen molar-refractivity contribution in [2.45, 2.75) is 40.7 Å². The van der Waals surface area contributed by atoms with Crippen LogP contribution in [0.3, 0.4) is 0 Å². The van der Waals surface area contributed by atoms with Crippen LogP contribution in [0, 0.1) is 13.8 Å². The zero-order chi connectivity index (χ0) is 24.9. The van der Waals surface area contributed by atoms with Crippen LogP contribution in [0.4, 0.5) is 11.4 Å². The molecule has 0 radical (unpaired) electrons. The van der Waals surface area contributed by atoms with Gasteiger partial charge in [0.1, 0.15) is 12.2 Å². The SMILES string of the molecule is CCc1cccc(N=c2oc3c(C)ncc(COC(C)=O)c3cc2C(=O)Nc2ccc(C)cc2)c1. The number of benzene rings is 2. The number of aryl methyl sites for hydroxylation is 3. The van der Waals surface area contributed by atoms with Crippen LogP contribution in [0.1, 0.15) is 46.6 Å². The van der Waals surface area contributed by atoms with E-state index in [0.717, 1.165) is 17.5 Å². The van der Waals surface area contributed by atoms with Gasteiger partial charge in [-0.25, -0.2) is 4.99 Å². The van der Waals surface area contributed by atoms with Crippen LogP contribution in [0.5, 0.6) is 0 Å². The quantitative estimate of drug-likeness (QED) is 0.374. The lowest BCUT2D eigenvalue weighted by molar-refractivity contribution is -0.142. The topological polar surface area (TPSA) is 93.8 Å². The molecule has 0 aliphatic carbocycles. The summed E-state index contributed by atoms with van der Waals surface area (Å²) in [5.41, 5.74) is 5.73. The van der Waals surface area contributed by atoms with Crippen LogP contribution < -0.4 is 10.9 Å². The highest BCUT2D eigenvalue weighted by Crippen LogP contribution is 2.23. The fourth-order valence-corrected chi connectivity index (χ4v) is 3.63. The van der Waals surface area contributed by atoms with Gasteiger partial charge in [-0.05, 0) is 56.2 Å². The van der Waals surface area contributed by atoms with Gasteiger partial charge in [0.05, 0.1) is 11.4 Å². The molecule has 1 amide bonds. The van der Waals surface area contributed by atoms with Crippen LogP contribution >= 0.6 is 0 Å². The van der Waals surface area contributed by atoms with Crippen molar-refractivity contribution in [3.63, 3.8) is 0 Å². The van der Waals surface area contributed by atoms with Crippen molar-refractivity contribution in [1.82, 2.24) is 4.98 Å². The smallest absolute Gasteiger partial charge is 0.302 e. The van der Waals surface area contributed by atoms with Gasteiger partial charge in [0.2, 0.25) is 5.55 Å². The molecule has 35 heavy (non-hydrogen) atoms. The highest BCUT2D eigenvalue weighted by Gasteiger charge is 2.17. The summed E-state index contributed by atoms with van der Waals surface area (Å²) in [5.74, 6) is -0.770. The second-order valence-corrected chi connectivity index (χ2v) is 8.31. The van der Waals surface area contributed by atoms with E-state index in [1.165, 1.54) is 6.92 Å². The van der Waals surface area contributed by atoms with E-state index >= 15 is 0 Å². The molecule has 0 saturated heterocycles. The van der Waals surface area contributed by atoms with Gasteiger partial charge in [0.15, 0.2) is 5.58 Å². The summed E-state index contributed by atoms with van der Waals surface area (Å²) < 4.78 is 11.4. The average Bonchev–Trinajstić information content (AvgIpc) is 2.85. The van der Waals surface area contributed by atoms with E-state index in [9.17, 15) is 9.59 Å². The zero-order valence-corrected chi connectivity index (χ0v) is 20.2. The van der Waals surface area contributed by atoms with E-state index in [1.807, 2.05) is 62.4 Å². The molecule has 2 aromatic carbocycles. The molecular weight excluding hydrogens is 442 g/mol. The van der Waals surface area contributed by atoms with Gasteiger partial charge in [-0.2, -0.15) is 0 Å². The molecule has 0 bridgehead atoms. The van der Waals surface area contributed by atoms with Crippen LogP contribution in [-0.4, -0.2) is 16.9 Å². The molecule has 7 heteroatoms. The van der Waals surface area contributed by atoms with E-state index < -0.39 is 5.97 Å². The molecule has 0 spiro atoms. The van der Waals surface area contributed by atoms with Crippen molar-refractivity contribution in [3.8, 4) is 0 Å². The molecule has 178 valence electrons. The Morgan fingerprint density at radius 2 is 1.86 bits per heavy atom.